The number of nitrogens with one attached hydrogen (secondary N) is 1. The zero-order valence-electron chi connectivity index (χ0n) is 10.1. The second kappa shape index (κ2) is 5.36. The first-order chi connectivity index (χ1) is 8.18. The monoisotopic (exact) mass is 237 g/mol. The fraction of sp³-hybridized carbons (Fsp3) is 0.615. The van der Waals surface area contributed by atoms with Crippen LogP contribution in [0, 0.1) is 11.8 Å². The van der Waals surface area contributed by atoms with E-state index in [9.17, 15) is 4.79 Å². The molecular weight excluding hydrogens is 218 g/mol. The van der Waals surface area contributed by atoms with E-state index in [1.54, 1.807) is 6.26 Å². The molecule has 2 N–H and O–H groups in total. The van der Waals surface area contributed by atoms with Crippen LogP contribution in [0.1, 0.15) is 38.0 Å². The van der Waals surface area contributed by atoms with Crippen molar-refractivity contribution in [3.8, 4) is 0 Å². The van der Waals surface area contributed by atoms with Crippen LogP contribution in [0.3, 0.4) is 0 Å². The minimum Gasteiger partial charge on any atom is -0.481 e. The topological polar surface area (TPSA) is 62.5 Å². The highest BCUT2D eigenvalue weighted by Gasteiger charge is 2.32. The van der Waals surface area contributed by atoms with E-state index in [-0.39, 0.29) is 17.9 Å². The molecule has 1 heterocycles. The highest BCUT2D eigenvalue weighted by atomic mass is 16.4. The summed E-state index contributed by atoms with van der Waals surface area (Å²) >= 11 is 0. The molecule has 0 saturated heterocycles. The SMILES string of the molecule is CC(NCC1CCCC1C(=O)O)c1ccco1. The highest BCUT2D eigenvalue weighted by Crippen LogP contribution is 2.31. The van der Waals surface area contributed by atoms with Crippen LogP contribution in [0.4, 0.5) is 0 Å². The summed E-state index contributed by atoms with van der Waals surface area (Å²) in [6.45, 7) is 2.78. The second-order valence-corrected chi connectivity index (χ2v) is 4.78. The maximum Gasteiger partial charge on any atom is 0.306 e. The molecule has 0 aliphatic heterocycles. The lowest BCUT2D eigenvalue weighted by molar-refractivity contribution is -0.142. The van der Waals surface area contributed by atoms with Gasteiger partial charge in [-0.05, 0) is 44.4 Å². The van der Waals surface area contributed by atoms with Gasteiger partial charge in [0.15, 0.2) is 0 Å². The molecule has 4 nitrogen and oxygen atoms in total. The van der Waals surface area contributed by atoms with Gasteiger partial charge in [-0.2, -0.15) is 0 Å². The van der Waals surface area contributed by atoms with Crippen molar-refractivity contribution in [1.29, 1.82) is 0 Å². The molecule has 2 rings (SSSR count). The Morgan fingerprint density at radius 1 is 1.65 bits per heavy atom. The van der Waals surface area contributed by atoms with E-state index in [0.717, 1.165) is 31.6 Å². The Morgan fingerprint density at radius 2 is 2.47 bits per heavy atom. The van der Waals surface area contributed by atoms with Gasteiger partial charge in [-0.1, -0.05) is 6.42 Å². The number of furan rings is 1. The Hall–Kier alpha value is -1.29. The molecule has 0 radical (unpaired) electrons. The predicted molar refractivity (Wildman–Crippen MR) is 63.6 cm³/mol. The molecule has 0 spiro atoms. The maximum atomic E-state index is 11.0. The lowest BCUT2D eigenvalue weighted by Crippen LogP contribution is -2.30. The molecular formula is C13H19NO3. The summed E-state index contributed by atoms with van der Waals surface area (Å²) in [7, 11) is 0. The van der Waals surface area contributed by atoms with E-state index >= 15 is 0 Å². The molecule has 17 heavy (non-hydrogen) atoms. The molecule has 1 fully saturated rings. The minimum atomic E-state index is -0.653. The van der Waals surface area contributed by atoms with Gasteiger partial charge in [-0.25, -0.2) is 0 Å². The number of carboxylic acid groups (broad SMARTS) is 1. The molecule has 94 valence electrons. The van der Waals surface area contributed by atoms with Gasteiger partial charge >= 0.3 is 5.97 Å². The average Bonchev–Trinajstić information content (AvgIpc) is 2.96. The molecule has 1 aliphatic carbocycles. The smallest absolute Gasteiger partial charge is 0.306 e. The Morgan fingerprint density at radius 3 is 3.12 bits per heavy atom. The zero-order valence-corrected chi connectivity index (χ0v) is 10.1. The van der Waals surface area contributed by atoms with Crippen LogP contribution >= 0.6 is 0 Å². The molecule has 0 amide bonds. The van der Waals surface area contributed by atoms with Crippen LogP contribution in [-0.2, 0) is 4.79 Å². The Kier molecular flexibility index (Phi) is 3.84. The summed E-state index contributed by atoms with van der Waals surface area (Å²) < 4.78 is 5.31. The van der Waals surface area contributed by atoms with E-state index in [1.165, 1.54) is 0 Å². The largest absolute Gasteiger partial charge is 0.481 e. The number of aliphatic carboxylic acids is 1. The molecule has 1 aromatic rings. The Bertz CT molecular complexity index is 361. The van der Waals surface area contributed by atoms with E-state index in [1.807, 2.05) is 19.1 Å². The molecule has 1 aromatic heterocycles. The van der Waals surface area contributed by atoms with Gasteiger partial charge in [-0.15, -0.1) is 0 Å². The summed E-state index contributed by atoms with van der Waals surface area (Å²) in [5.74, 6) is 0.325. The summed E-state index contributed by atoms with van der Waals surface area (Å²) in [5.41, 5.74) is 0. The van der Waals surface area contributed by atoms with Crippen LogP contribution in [0.2, 0.25) is 0 Å². The Balaban J connectivity index is 1.83. The summed E-state index contributed by atoms with van der Waals surface area (Å²) in [5, 5.41) is 12.4. The first kappa shape index (κ1) is 12.2. The van der Waals surface area contributed by atoms with Gasteiger partial charge < -0.3 is 14.8 Å². The molecule has 4 heteroatoms. The molecule has 3 unspecified atom stereocenters. The second-order valence-electron chi connectivity index (χ2n) is 4.78. The van der Waals surface area contributed by atoms with Crippen molar-refractivity contribution >= 4 is 5.97 Å². The summed E-state index contributed by atoms with van der Waals surface area (Å²) in [4.78, 5) is 11.0. The number of carbonyl (C=O) groups is 1. The number of carboxylic acids is 1. The number of hydrogen-bond acceptors (Lipinski definition) is 3. The van der Waals surface area contributed by atoms with Gasteiger partial charge in [0.05, 0.1) is 18.2 Å². The highest BCUT2D eigenvalue weighted by molar-refractivity contribution is 5.70. The third kappa shape index (κ3) is 2.88. The predicted octanol–water partition coefficient (Wildman–Crippen LogP) is 2.43. The number of hydrogen-bond donors (Lipinski definition) is 2. The first-order valence-electron chi connectivity index (χ1n) is 6.18. The third-order valence-electron chi connectivity index (χ3n) is 3.63. The first-order valence-corrected chi connectivity index (χ1v) is 6.18. The third-order valence-corrected chi connectivity index (χ3v) is 3.63. The average molecular weight is 237 g/mol. The molecule has 3 atom stereocenters. The van der Waals surface area contributed by atoms with Crippen LogP contribution < -0.4 is 5.32 Å². The van der Waals surface area contributed by atoms with Crippen LogP contribution in [-0.4, -0.2) is 17.6 Å². The van der Waals surface area contributed by atoms with Crippen molar-refractivity contribution in [1.82, 2.24) is 5.32 Å². The van der Waals surface area contributed by atoms with Crippen LogP contribution in [0.15, 0.2) is 22.8 Å². The minimum absolute atomic E-state index is 0.139. The van der Waals surface area contributed by atoms with E-state index < -0.39 is 5.97 Å². The van der Waals surface area contributed by atoms with Crippen molar-refractivity contribution in [2.75, 3.05) is 6.54 Å². The lowest BCUT2D eigenvalue weighted by atomic mass is 9.96. The van der Waals surface area contributed by atoms with Crippen molar-refractivity contribution in [3.05, 3.63) is 24.2 Å². The number of rotatable bonds is 5. The lowest BCUT2D eigenvalue weighted by Gasteiger charge is -2.19. The van der Waals surface area contributed by atoms with E-state index in [0.29, 0.717) is 0 Å². The van der Waals surface area contributed by atoms with Gasteiger partial charge in [0.1, 0.15) is 5.76 Å². The van der Waals surface area contributed by atoms with E-state index in [2.05, 4.69) is 5.32 Å². The molecule has 1 saturated carbocycles. The molecule has 0 bridgehead atoms. The summed E-state index contributed by atoms with van der Waals surface area (Å²) in [6, 6.07) is 3.93. The van der Waals surface area contributed by atoms with Gasteiger partial charge in [0.2, 0.25) is 0 Å². The Labute approximate surface area is 101 Å². The van der Waals surface area contributed by atoms with Crippen molar-refractivity contribution in [3.63, 3.8) is 0 Å². The van der Waals surface area contributed by atoms with E-state index in [4.69, 9.17) is 9.52 Å². The quantitative estimate of drug-likeness (QED) is 0.825. The van der Waals surface area contributed by atoms with Crippen LogP contribution in [0.5, 0.6) is 0 Å². The molecule has 0 aromatic carbocycles. The van der Waals surface area contributed by atoms with Crippen molar-refractivity contribution in [2.24, 2.45) is 11.8 Å². The van der Waals surface area contributed by atoms with Crippen molar-refractivity contribution < 1.29 is 14.3 Å². The zero-order chi connectivity index (χ0) is 12.3. The van der Waals surface area contributed by atoms with Crippen LogP contribution in [0.25, 0.3) is 0 Å². The summed E-state index contributed by atoms with van der Waals surface area (Å²) in [6.07, 6.45) is 4.51. The molecule has 1 aliphatic rings. The van der Waals surface area contributed by atoms with Gasteiger partial charge in [-0.3, -0.25) is 4.79 Å². The standard InChI is InChI=1S/C13H19NO3/c1-9(12-6-3-7-17-12)14-8-10-4-2-5-11(10)13(15)16/h3,6-7,9-11,14H,2,4-5,8H2,1H3,(H,15,16). The normalized spacial score (nSPS) is 25.9. The fourth-order valence-electron chi connectivity index (χ4n) is 2.57. The maximum absolute atomic E-state index is 11.0. The van der Waals surface area contributed by atoms with Crippen molar-refractivity contribution in [2.45, 2.75) is 32.2 Å². The van der Waals surface area contributed by atoms with Gasteiger partial charge in [0.25, 0.3) is 0 Å². The fourth-order valence-corrected chi connectivity index (χ4v) is 2.57. The van der Waals surface area contributed by atoms with Gasteiger partial charge in [0, 0.05) is 0 Å².